The predicted molar refractivity (Wildman–Crippen MR) is 97.1 cm³/mol. The molecule has 0 radical (unpaired) electrons. The van der Waals surface area contributed by atoms with Gasteiger partial charge in [0.25, 0.3) is 0 Å². The molecular formula is C20H24N2O2. The minimum Gasteiger partial charge on any atom is -0.379 e. The van der Waals surface area contributed by atoms with E-state index in [1.165, 1.54) is 12.1 Å². The van der Waals surface area contributed by atoms with Gasteiger partial charge in [0.1, 0.15) is 0 Å². The second kappa shape index (κ2) is 6.54. The number of anilines is 1. The smallest absolute Gasteiger partial charge is 0.150 e. The second-order valence-corrected chi connectivity index (χ2v) is 6.86. The Kier molecular flexibility index (Phi) is 4.25. The van der Waals surface area contributed by atoms with Gasteiger partial charge in [-0.1, -0.05) is 18.2 Å². The molecule has 1 atom stereocenters. The highest BCUT2D eigenvalue weighted by molar-refractivity contribution is 6.00. The molecule has 4 heteroatoms. The molecule has 0 aliphatic carbocycles. The number of aryl methyl sites for hydroxylation is 1. The third-order valence-electron chi connectivity index (χ3n) is 5.47. The molecule has 0 saturated carbocycles. The van der Waals surface area contributed by atoms with E-state index < -0.39 is 0 Å². The maximum atomic E-state index is 11.5. The molecule has 2 aliphatic heterocycles. The maximum Gasteiger partial charge on any atom is 0.150 e. The maximum absolute atomic E-state index is 11.5. The van der Waals surface area contributed by atoms with Crippen molar-refractivity contribution in [1.29, 1.82) is 0 Å². The largest absolute Gasteiger partial charge is 0.379 e. The SMILES string of the molecule is Cc1ccc2ccc(N3CCC(N4CCOCC4)C3)cc2c1C=O. The molecule has 4 nitrogen and oxygen atoms in total. The summed E-state index contributed by atoms with van der Waals surface area (Å²) in [7, 11) is 0. The van der Waals surface area contributed by atoms with E-state index in [1.807, 2.05) is 13.0 Å². The molecule has 0 aromatic heterocycles. The standard InChI is InChI=1S/C20H24N2O2/c1-15-2-3-16-4-5-17(12-19(16)20(15)14-23)22-7-6-18(13-22)21-8-10-24-11-9-21/h2-5,12,14,18H,6-11,13H2,1H3. The molecule has 24 heavy (non-hydrogen) atoms. The molecule has 0 spiro atoms. The van der Waals surface area contributed by atoms with Crippen molar-refractivity contribution in [2.24, 2.45) is 0 Å². The zero-order valence-electron chi connectivity index (χ0n) is 14.2. The number of rotatable bonds is 3. The van der Waals surface area contributed by atoms with Crippen LogP contribution in [0.4, 0.5) is 5.69 Å². The summed E-state index contributed by atoms with van der Waals surface area (Å²) in [5.41, 5.74) is 3.09. The van der Waals surface area contributed by atoms with E-state index in [0.717, 1.165) is 67.6 Å². The third-order valence-corrected chi connectivity index (χ3v) is 5.47. The number of carbonyl (C=O) groups is 1. The Morgan fingerprint density at radius 1 is 1.12 bits per heavy atom. The summed E-state index contributed by atoms with van der Waals surface area (Å²) in [5.74, 6) is 0. The Bertz CT molecular complexity index is 753. The van der Waals surface area contributed by atoms with Gasteiger partial charge in [0.05, 0.1) is 13.2 Å². The molecule has 2 aromatic rings. The number of benzene rings is 2. The van der Waals surface area contributed by atoms with Crippen LogP contribution >= 0.6 is 0 Å². The van der Waals surface area contributed by atoms with Crippen molar-refractivity contribution in [3.63, 3.8) is 0 Å². The van der Waals surface area contributed by atoms with Crippen molar-refractivity contribution >= 4 is 22.7 Å². The van der Waals surface area contributed by atoms with E-state index >= 15 is 0 Å². The van der Waals surface area contributed by atoms with E-state index in [0.29, 0.717) is 6.04 Å². The zero-order chi connectivity index (χ0) is 16.5. The van der Waals surface area contributed by atoms with E-state index in [1.54, 1.807) is 0 Å². The summed E-state index contributed by atoms with van der Waals surface area (Å²) < 4.78 is 5.47. The van der Waals surface area contributed by atoms with Crippen LogP contribution in [0, 0.1) is 6.92 Å². The first-order chi connectivity index (χ1) is 11.8. The lowest BCUT2D eigenvalue weighted by atomic mass is 10.00. The Balaban J connectivity index is 1.59. The van der Waals surface area contributed by atoms with Crippen LogP contribution in [0.25, 0.3) is 10.8 Å². The summed E-state index contributed by atoms with van der Waals surface area (Å²) in [6.45, 7) is 7.95. The van der Waals surface area contributed by atoms with Crippen LogP contribution in [0.5, 0.6) is 0 Å². The normalized spacial score (nSPS) is 22.2. The van der Waals surface area contributed by atoms with Crippen molar-refractivity contribution in [2.45, 2.75) is 19.4 Å². The molecule has 0 bridgehead atoms. The van der Waals surface area contributed by atoms with Crippen LogP contribution in [0.1, 0.15) is 22.3 Å². The van der Waals surface area contributed by atoms with Gasteiger partial charge in [0.15, 0.2) is 6.29 Å². The Labute approximate surface area is 143 Å². The molecule has 4 rings (SSSR count). The van der Waals surface area contributed by atoms with E-state index in [4.69, 9.17) is 4.74 Å². The fourth-order valence-corrected chi connectivity index (χ4v) is 4.01. The number of morpholine rings is 1. The average Bonchev–Trinajstić information content (AvgIpc) is 3.12. The number of fused-ring (bicyclic) bond motifs is 1. The van der Waals surface area contributed by atoms with Crippen molar-refractivity contribution in [3.05, 3.63) is 41.5 Å². The van der Waals surface area contributed by atoms with E-state index in [2.05, 4.69) is 34.1 Å². The predicted octanol–water partition coefficient (Wildman–Crippen LogP) is 2.87. The van der Waals surface area contributed by atoms with Crippen LogP contribution in [0.15, 0.2) is 30.3 Å². The number of carbonyl (C=O) groups excluding carboxylic acids is 1. The number of aldehydes is 1. The van der Waals surface area contributed by atoms with Crippen molar-refractivity contribution in [1.82, 2.24) is 4.90 Å². The highest BCUT2D eigenvalue weighted by Gasteiger charge is 2.28. The number of nitrogens with zero attached hydrogens (tertiary/aromatic N) is 2. The lowest BCUT2D eigenvalue weighted by Gasteiger charge is -2.32. The van der Waals surface area contributed by atoms with Gasteiger partial charge in [-0.05, 0) is 41.8 Å². The summed E-state index contributed by atoms with van der Waals surface area (Å²) in [4.78, 5) is 16.5. The fourth-order valence-electron chi connectivity index (χ4n) is 4.01. The van der Waals surface area contributed by atoms with Gasteiger partial charge in [-0.25, -0.2) is 0 Å². The molecule has 0 N–H and O–H groups in total. The Hall–Kier alpha value is -1.91. The summed E-state index contributed by atoms with van der Waals surface area (Å²) in [6.07, 6.45) is 2.19. The molecular weight excluding hydrogens is 300 g/mol. The summed E-state index contributed by atoms with van der Waals surface area (Å²) in [6, 6.07) is 11.3. The Morgan fingerprint density at radius 2 is 1.92 bits per heavy atom. The first-order valence-corrected chi connectivity index (χ1v) is 8.81. The van der Waals surface area contributed by atoms with Gasteiger partial charge in [0, 0.05) is 43.5 Å². The molecule has 2 aromatic carbocycles. The van der Waals surface area contributed by atoms with Gasteiger partial charge in [-0.2, -0.15) is 0 Å². The van der Waals surface area contributed by atoms with E-state index in [-0.39, 0.29) is 0 Å². The van der Waals surface area contributed by atoms with Gasteiger partial charge >= 0.3 is 0 Å². The van der Waals surface area contributed by atoms with Gasteiger partial charge in [-0.3, -0.25) is 9.69 Å². The quantitative estimate of drug-likeness (QED) is 0.813. The third kappa shape index (κ3) is 2.80. The van der Waals surface area contributed by atoms with Crippen LogP contribution in [0.3, 0.4) is 0 Å². The van der Waals surface area contributed by atoms with Crippen LogP contribution in [0.2, 0.25) is 0 Å². The van der Waals surface area contributed by atoms with Crippen molar-refractivity contribution in [3.8, 4) is 0 Å². The molecule has 2 aliphatic rings. The minimum absolute atomic E-state index is 0.618. The van der Waals surface area contributed by atoms with E-state index in [9.17, 15) is 4.79 Å². The first kappa shape index (κ1) is 15.6. The van der Waals surface area contributed by atoms with Gasteiger partial charge in [-0.15, -0.1) is 0 Å². The number of ether oxygens (including phenoxy) is 1. The van der Waals surface area contributed by atoms with Crippen molar-refractivity contribution < 1.29 is 9.53 Å². The molecule has 2 heterocycles. The lowest BCUT2D eigenvalue weighted by molar-refractivity contribution is 0.0209. The first-order valence-electron chi connectivity index (χ1n) is 8.81. The number of hydrogen-bond donors (Lipinski definition) is 0. The highest BCUT2D eigenvalue weighted by Crippen LogP contribution is 2.29. The second-order valence-electron chi connectivity index (χ2n) is 6.86. The van der Waals surface area contributed by atoms with Gasteiger partial charge < -0.3 is 9.64 Å². The highest BCUT2D eigenvalue weighted by atomic mass is 16.5. The molecule has 2 fully saturated rings. The lowest BCUT2D eigenvalue weighted by Crippen LogP contribution is -2.44. The van der Waals surface area contributed by atoms with Gasteiger partial charge in [0.2, 0.25) is 0 Å². The fraction of sp³-hybridized carbons (Fsp3) is 0.450. The molecule has 126 valence electrons. The number of hydrogen-bond acceptors (Lipinski definition) is 4. The topological polar surface area (TPSA) is 32.8 Å². The molecule has 1 unspecified atom stereocenters. The zero-order valence-corrected chi connectivity index (χ0v) is 14.2. The van der Waals surface area contributed by atoms with Crippen molar-refractivity contribution in [2.75, 3.05) is 44.3 Å². The minimum atomic E-state index is 0.618. The monoisotopic (exact) mass is 324 g/mol. The summed E-state index contributed by atoms with van der Waals surface area (Å²) >= 11 is 0. The average molecular weight is 324 g/mol. The van der Waals surface area contributed by atoms with Crippen LogP contribution < -0.4 is 4.90 Å². The van der Waals surface area contributed by atoms with Crippen LogP contribution in [-0.4, -0.2) is 56.6 Å². The molecule has 0 amide bonds. The summed E-state index contributed by atoms with van der Waals surface area (Å²) in [5, 5.41) is 2.20. The Morgan fingerprint density at radius 3 is 2.71 bits per heavy atom. The van der Waals surface area contributed by atoms with Crippen LogP contribution in [-0.2, 0) is 4.74 Å². The molecule has 2 saturated heterocycles.